The van der Waals surface area contributed by atoms with Crippen LogP contribution in [0.4, 0.5) is 0 Å². The predicted octanol–water partition coefficient (Wildman–Crippen LogP) is 4.60. The van der Waals surface area contributed by atoms with Crippen molar-refractivity contribution in [2.24, 2.45) is 0 Å². The largest absolute Gasteiger partial charge is 0.480 e. The molecular formula is C15H11BrO. The van der Waals surface area contributed by atoms with Gasteiger partial charge < -0.3 is 4.74 Å². The Morgan fingerprint density at radius 3 is 2.59 bits per heavy atom. The summed E-state index contributed by atoms with van der Waals surface area (Å²) in [4.78, 5) is 0. The van der Waals surface area contributed by atoms with Gasteiger partial charge in [0.1, 0.15) is 11.9 Å². The van der Waals surface area contributed by atoms with Crippen LogP contribution in [-0.4, -0.2) is 0 Å². The van der Waals surface area contributed by atoms with Crippen LogP contribution >= 0.6 is 15.9 Å². The summed E-state index contributed by atoms with van der Waals surface area (Å²) in [6, 6.07) is 16.3. The predicted molar refractivity (Wildman–Crippen MR) is 73.0 cm³/mol. The van der Waals surface area contributed by atoms with Crippen molar-refractivity contribution in [3.05, 3.63) is 70.2 Å². The zero-order valence-electron chi connectivity index (χ0n) is 9.14. The number of hydrogen-bond donors (Lipinski definition) is 0. The van der Waals surface area contributed by atoms with E-state index in [0.717, 1.165) is 15.8 Å². The van der Waals surface area contributed by atoms with Crippen LogP contribution < -0.4 is 4.74 Å². The zero-order valence-corrected chi connectivity index (χ0v) is 10.7. The number of benzene rings is 2. The van der Waals surface area contributed by atoms with Gasteiger partial charge in [0.25, 0.3) is 0 Å². The molecule has 2 heteroatoms. The lowest BCUT2D eigenvalue weighted by Crippen LogP contribution is -2.09. The van der Waals surface area contributed by atoms with Crippen molar-refractivity contribution in [1.29, 1.82) is 0 Å². The summed E-state index contributed by atoms with van der Waals surface area (Å²) in [6.45, 7) is 0. The van der Waals surface area contributed by atoms with Gasteiger partial charge in [0.2, 0.25) is 0 Å². The second-order valence-corrected chi connectivity index (χ2v) is 4.82. The van der Waals surface area contributed by atoms with Gasteiger partial charge in [-0.3, -0.25) is 0 Å². The van der Waals surface area contributed by atoms with Gasteiger partial charge in [0.05, 0.1) is 4.47 Å². The van der Waals surface area contributed by atoms with Gasteiger partial charge in [0.15, 0.2) is 0 Å². The maximum Gasteiger partial charge on any atom is 0.142 e. The lowest BCUT2D eigenvalue weighted by Gasteiger charge is -2.22. The van der Waals surface area contributed by atoms with Crippen LogP contribution in [-0.2, 0) is 0 Å². The van der Waals surface area contributed by atoms with Gasteiger partial charge in [-0.2, -0.15) is 0 Å². The first-order chi connectivity index (χ1) is 8.34. The summed E-state index contributed by atoms with van der Waals surface area (Å²) in [7, 11) is 0. The molecule has 1 atom stereocenters. The lowest BCUT2D eigenvalue weighted by molar-refractivity contribution is 0.250. The summed E-state index contributed by atoms with van der Waals surface area (Å²) in [5.74, 6) is 0.920. The minimum Gasteiger partial charge on any atom is -0.480 e. The highest BCUT2D eigenvalue weighted by Crippen LogP contribution is 2.37. The third kappa shape index (κ3) is 2.01. The normalized spacial score (nSPS) is 17.4. The molecule has 0 N–H and O–H groups in total. The van der Waals surface area contributed by atoms with E-state index in [-0.39, 0.29) is 6.10 Å². The van der Waals surface area contributed by atoms with E-state index in [1.54, 1.807) is 0 Å². The summed E-state index contributed by atoms with van der Waals surface area (Å²) in [5, 5.41) is 0. The van der Waals surface area contributed by atoms with Crippen LogP contribution in [0.5, 0.6) is 5.75 Å². The van der Waals surface area contributed by atoms with Crippen LogP contribution in [0.2, 0.25) is 0 Å². The van der Waals surface area contributed by atoms with E-state index < -0.39 is 0 Å². The van der Waals surface area contributed by atoms with E-state index >= 15 is 0 Å². The van der Waals surface area contributed by atoms with E-state index in [2.05, 4.69) is 46.3 Å². The van der Waals surface area contributed by atoms with Crippen LogP contribution in [0, 0.1) is 0 Å². The molecule has 1 unspecified atom stereocenters. The fraction of sp³-hybridized carbons (Fsp3) is 0.0667. The fourth-order valence-electron chi connectivity index (χ4n) is 1.96. The quantitative estimate of drug-likeness (QED) is 0.745. The number of hydrogen-bond acceptors (Lipinski definition) is 1. The van der Waals surface area contributed by atoms with Crippen LogP contribution in [0.1, 0.15) is 17.2 Å². The van der Waals surface area contributed by atoms with E-state index in [0.29, 0.717) is 0 Å². The van der Waals surface area contributed by atoms with Crippen molar-refractivity contribution in [3.63, 3.8) is 0 Å². The average molecular weight is 287 g/mol. The smallest absolute Gasteiger partial charge is 0.142 e. The Morgan fingerprint density at radius 2 is 1.76 bits per heavy atom. The van der Waals surface area contributed by atoms with Crippen molar-refractivity contribution in [3.8, 4) is 5.75 Å². The Kier molecular flexibility index (Phi) is 2.73. The minimum absolute atomic E-state index is 0.00222. The first-order valence-electron chi connectivity index (χ1n) is 5.53. The maximum absolute atomic E-state index is 6.02. The molecule has 2 aromatic rings. The Morgan fingerprint density at radius 1 is 0.941 bits per heavy atom. The van der Waals surface area contributed by atoms with E-state index in [1.807, 2.05) is 30.3 Å². The molecule has 0 bridgehead atoms. The highest BCUT2D eigenvalue weighted by atomic mass is 79.9. The van der Waals surface area contributed by atoms with E-state index in [9.17, 15) is 0 Å². The van der Waals surface area contributed by atoms with Gasteiger partial charge in [-0.1, -0.05) is 48.5 Å². The SMILES string of the molecule is Brc1cccc2c1OC(c1ccccc1)C=C2. The topological polar surface area (TPSA) is 9.23 Å². The number of ether oxygens (including phenoxy) is 1. The third-order valence-corrected chi connectivity index (χ3v) is 3.45. The molecule has 1 nitrogen and oxygen atoms in total. The standard InChI is InChI=1S/C15H11BrO/c16-13-8-4-7-12-9-10-14(17-15(12)13)11-5-2-1-3-6-11/h1-10,14H. The Hall–Kier alpha value is -1.54. The van der Waals surface area contributed by atoms with Crippen molar-refractivity contribution in [2.45, 2.75) is 6.10 Å². The van der Waals surface area contributed by atoms with Crippen LogP contribution in [0.3, 0.4) is 0 Å². The number of fused-ring (bicyclic) bond motifs is 1. The molecule has 84 valence electrons. The lowest BCUT2D eigenvalue weighted by atomic mass is 10.0. The van der Waals surface area contributed by atoms with E-state index in [4.69, 9.17) is 4.74 Å². The molecule has 2 aromatic carbocycles. The van der Waals surface area contributed by atoms with E-state index in [1.165, 1.54) is 5.56 Å². The summed E-state index contributed by atoms with van der Waals surface area (Å²) in [5.41, 5.74) is 2.29. The van der Waals surface area contributed by atoms with Crippen molar-refractivity contribution in [1.82, 2.24) is 0 Å². The Balaban J connectivity index is 1.99. The molecule has 0 aliphatic carbocycles. The van der Waals surface area contributed by atoms with Gasteiger partial charge in [-0.25, -0.2) is 0 Å². The summed E-state index contributed by atoms with van der Waals surface area (Å²) < 4.78 is 7.02. The molecule has 0 saturated heterocycles. The monoisotopic (exact) mass is 286 g/mol. The van der Waals surface area contributed by atoms with Crippen molar-refractivity contribution in [2.75, 3.05) is 0 Å². The number of halogens is 1. The molecule has 0 amide bonds. The summed E-state index contributed by atoms with van der Waals surface area (Å²) in [6.07, 6.45) is 4.20. The van der Waals surface area contributed by atoms with Gasteiger partial charge in [-0.05, 0) is 33.6 Å². The molecule has 0 radical (unpaired) electrons. The van der Waals surface area contributed by atoms with Gasteiger partial charge in [0, 0.05) is 5.56 Å². The molecule has 3 rings (SSSR count). The van der Waals surface area contributed by atoms with Crippen LogP contribution in [0.15, 0.2) is 59.1 Å². The molecule has 0 fully saturated rings. The first kappa shape index (κ1) is 10.6. The molecule has 0 spiro atoms. The number of para-hydroxylation sites is 1. The molecule has 0 aromatic heterocycles. The summed E-state index contributed by atoms with van der Waals surface area (Å²) >= 11 is 3.52. The zero-order chi connectivity index (χ0) is 11.7. The number of rotatable bonds is 1. The second kappa shape index (κ2) is 4.38. The third-order valence-electron chi connectivity index (χ3n) is 2.82. The molecule has 1 aliphatic heterocycles. The Labute approximate surface area is 109 Å². The average Bonchev–Trinajstić information content (AvgIpc) is 2.40. The highest BCUT2D eigenvalue weighted by Gasteiger charge is 2.17. The molecule has 0 saturated carbocycles. The van der Waals surface area contributed by atoms with Crippen molar-refractivity contribution < 1.29 is 4.74 Å². The first-order valence-corrected chi connectivity index (χ1v) is 6.32. The maximum atomic E-state index is 6.02. The fourth-order valence-corrected chi connectivity index (χ4v) is 2.44. The van der Waals surface area contributed by atoms with Gasteiger partial charge in [-0.15, -0.1) is 0 Å². The molecule has 1 heterocycles. The Bertz CT molecular complexity index is 560. The van der Waals surface area contributed by atoms with Crippen LogP contribution in [0.25, 0.3) is 6.08 Å². The van der Waals surface area contributed by atoms with Gasteiger partial charge >= 0.3 is 0 Å². The molecule has 1 aliphatic rings. The molecular weight excluding hydrogens is 276 g/mol. The highest BCUT2D eigenvalue weighted by molar-refractivity contribution is 9.10. The van der Waals surface area contributed by atoms with Crippen molar-refractivity contribution >= 4 is 22.0 Å². The molecule has 17 heavy (non-hydrogen) atoms. The minimum atomic E-state index is 0.00222. The second-order valence-electron chi connectivity index (χ2n) is 3.97.